The quantitative estimate of drug-likeness (QED) is 0.230. The number of H-pyrrole nitrogens is 1. The number of pyridine rings is 1. The Labute approximate surface area is 224 Å². The van der Waals surface area contributed by atoms with Crippen molar-refractivity contribution >= 4 is 16.7 Å². The van der Waals surface area contributed by atoms with Crippen LogP contribution in [0.4, 0.5) is 0 Å². The topological polar surface area (TPSA) is 68.4 Å². The number of ether oxygens (including phenoxy) is 1. The first-order valence-electron chi connectivity index (χ1n) is 12.6. The van der Waals surface area contributed by atoms with Crippen molar-refractivity contribution in [1.82, 2.24) is 14.5 Å². The minimum Gasteiger partial charge on any atom is -1.00 e. The first-order valence-corrected chi connectivity index (χ1v) is 12.6. The minimum absolute atomic E-state index is 0. The van der Waals surface area contributed by atoms with Gasteiger partial charge < -0.3 is 34.5 Å². The molecule has 3 aromatic heterocycles. The molecule has 0 saturated carbocycles. The molecule has 1 saturated heterocycles. The number of benzene rings is 1. The number of rotatable bonds is 8. The van der Waals surface area contributed by atoms with E-state index in [2.05, 4.69) is 42.2 Å². The fraction of sp³-hybridized carbons (Fsp3) is 0.444. The lowest BCUT2D eigenvalue weighted by atomic mass is 9.89. The van der Waals surface area contributed by atoms with Gasteiger partial charge in [-0.15, -0.1) is 0 Å². The second kappa shape index (κ2) is 12.6. The average Bonchev–Trinajstić information content (AvgIpc) is 3.31. The van der Waals surface area contributed by atoms with Gasteiger partial charge >= 0.3 is 0 Å². The number of imidazole rings is 1. The first-order chi connectivity index (χ1) is 16.7. The lowest BCUT2D eigenvalue weighted by Crippen LogP contribution is -3.13. The van der Waals surface area contributed by atoms with Gasteiger partial charge in [-0.1, -0.05) is 42.2 Å². The van der Waals surface area contributed by atoms with E-state index in [-0.39, 0.29) is 30.4 Å². The second-order valence-electron chi connectivity index (χ2n) is 9.40. The zero-order valence-corrected chi connectivity index (χ0v) is 22.5. The number of hydrogen-bond donors (Lipinski definition) is 2. The van der Waals surface area contributed by atoms with E-state index >= 15 is 0 Å². The van der Waals surface area contributed by atoms with Gasteiger partial charge in [0.2, 0.25) is 11.3 Å². The van der Waals surface area contributed by atoms with Crippen molar-refractivity contribution in [1.29, 1.82) is 0 Å². The standard InChI is InChI=1S/C27H33N5O2.2ClH/c1-3-8-24-28-19-23-27(33)31(22-11-12-25(34-2)29-26(22)32(23)24)16-7-15-30-17-13-21(14-18-30)20-9-5-4-6-10-20;;/h4-6,9-12,19,21H,3,7-8,13-18H2,1-2H3;2*1H. The number of nitrogens with one attached hydrogen (secondary N) is 2. The second-order valence-corrected chi connectivity index (χ2v) is 9.40. The van der Waals surface area contributed by atoms with E-state index < -0.39 is 0 Å². The molecule has 0 amide bonds. The van der Waals surface area contributed by atoms with E-state index in [0.29, 0.717) is 23.9 Å². The van der Waals surface area contributed by atoms with E-state index in [1.54, 1.807) is 12.0 Å². The molecule has 7 nitrogen and oxygen atoms in total. The van der Waals surface area contributed by atoms with Crippen LogP contribution in [0.5, 0.6) is 5.88 Å². The highest BCUT2D eigenvalue weighted by molar-refractivity contribution is 5.69. The van der Waals surface area contributed by atoms with Crippen molar-refractivity contribution in [2.45, 2.75) is 51.5 Å². The van der Waals surface area contributed by atoms with Gasteiger partial charge in [0, 0.05) is 38.3 Å². The number of aryl methyl sites for hydroxylation is 2. The Balaban J connectivity index is 0.00000180. The number of likely N-dealkylation sites (tertiary alicyclic amines) is 1. The van der Waals surface area contributed by atoms with Crippen LogP contribution in [-0.4, -0.2) is 41.3 Å². The third-order valence-electron chi connectivity index (χ3n) is 7.25. The van der Waals surface area contributed by atoms with Crippen molar-refractivity contribution in [3.63, 3.8) is 0 Å². The SMILES string of the molecule is CCCc1[nH]cc2c(=O)n(CCC[NH+]3CCC(c4ccccc4)CC3)c3ccc(OC)nc3[n+]12.[Cl-].[Cl-]. The highest BCUT2D eigenvalue weighted by atomic mass is 35.5. The Kier molecular flexibility index (Phi) is 9.77. The van der Waals surface area contributed by atoms with Gasteiger partial charge in [-0.25, -0.2) is 0 Å². The number of fused-ring (bicyclic) bond motifs is 3. The summed E-state index contributed by atoms with van der Waals surface area (Å²) in [5.74, 6) is 2.24. The van der Waals surface area contributed by atoms with E-state index in [4.69, 9.17) is 9.72 Å². The van der Waals surface area contributed by atoms with Crippen molar-refractivity contribution in [3.8, 4) is 5.88 Å². The Morgan fingerprint density at radius 3 is 2.58 bits per heavy atom. The van der Waals surface area contributed by atoms with Crippen molar-refractivity contribution in [2.24, 2.45) is 0 Å². The van der Waals surface area contributed by atoms with Gasteiger partial charge in [0.05, 0.1) is 26.7 Å². The first kappa shape index (κ1) is 28.0. The maximum absolute atomic E-state index is 13.5. The third-order valence-corrected chi connectivity index (χ3v) is 7.25. The average molecular weight is 533 g/mol. The van der Waals surface area contributed by atoms with E-state index in [0.717, 1.165) is 42.8 Å². The summed E-state index contributed by atoms with van der Waals surface area (Å²) < 4.78 is 9.27. The summed E-state index contributed by atoms with van der Waals surface area (Å²) in [5.41, 5.74) is 3.79. The fourth-order valence-electron chi connectivity index (χ4n) is 5.45. The van der Waals surface area contributed by atoms with Crippen molar-refractivity contribution in [2.75, 3.05) is 26.7 Å². The number of aromatic amines is 1. The third kappa shape index (κ3) is 5.53. The van der Waals surface area contributed by atoms with Crippen molar-refractivity contribution in [3.05, 3.63) is 70.4 Å². The lowest BCUT2D eigenvalue weighted by Gasteiger charge is -2.29. The Morgan fingerprint density at radius 2 is 1.89 bits per heavy atom. The molecule has 1 aliphatic heterocycles. The minimum atomic E-state index is 0. The van der Waals surface area contributed by atoms with Crippen LogP contribution in [0.3, 0.4) is 0 Å². The zero-order valence-electron chi connectivity index (χ0n) is 21.0. The van der Waals surface area contributed by atoms with Gasteiger partial charge in [-0.2, -0.15) is 4.40 Å². The molecule has 1 aliphatic rings. The van der Waals surface area contributed by atoms with Crippen LogP contribution in [0.15, 0.2) is 53.5 Å². The number of quaternary nitrogens is 1. The molecule has 5 rings (SSSR count). The van der Waals surface area contributed by atoms with Crippen LogP contribution in [0.2, 0.25) is 0 Å². The summed E-state index contributed by atoms with van der Waals surface area (Å²) in [5, 5.41) is 0. The van der Waals surface area contributed by atoms with Gasteiger partial charge in [0.25, 0.3) is 17.1 Å². The lowest BCUT2D eigenvalue weighted by molar-refractivity contribution is -0.905. The molecule has 9 heteroatoms. The molecule has 1 fully saturated rings. The van der Waals surface area contributed by atoms with E-state index in [9.17, 15) is 4.79 Å². The molecule has 4 heterocycles. The van der Waals surface area contributed by atoms with E-state index in [1.165, 1.54) is 31.5 Å². The summed E-state index contributed by atoms with van der Waals surface area (Å²) in [7, 11) is 1.62. The Hall–Kier alpha value is -2.61. The number of piperidine rings is 1. The molecule has 0 atom stereocenters. The fourth-order valence-corrected chi connectivity index (χ4v) is 5.45. The van der Waals surface area contributed by atoms with Crippen LogP contribution < -0.4 is 44.4 Å². The number of methoxy groups -OCH3 is 1. The highest BCUT2D eigenvalue weighted by Crippen LogP contribution is 2.23. The highest BCUT2D eigenvalue weighted by Gasteiger charge is 2.24. The van der Waals surface area contributed by atoms with Crippen molar-refractivity contribution < 1.29 is 38.9 Å². The van der Waals surface area contributed by atoms with Gasteiger partial charge in [-0.3, -0.25) is 14.3 Å². The summed E-state index contributed by atoms with van der Waals surface area (Å²) in [6.45, 7) is 6.30. The predicted octanol–water partition coefficient (Wildman–Crippen LogP) is -3.71. The molecule has 0 unspecified atom stereocenters. The molecule has 0 aliphatic carbocycles. The molecule has 0 bridgehead atoms. The molecule has 36 heavy (non-hydrogen) atoms. The summed E-state index contributed by atoms with van der Waals surface area (Å²) >= 11 is 0. The van der Waals surface area contributed by atoms with Gasteiger partial charge in [0.15, 0.2) is 0 Å². The monoisotopic (exact) mass is 531 g/mol. The molecular weight excluding hydrogens is 497 g/mol. The molecular formula is C27H35Cl2N5O2. The van der Waals surface area contributed by atoms with E-state index in [1.807, 2.05) is 27.3 Å². The maximum atomic E-state index is 13.5. The molecule has 1 aromatic carbocycles. The summed E-state index contributed by atoms with van der Waals surface area (Å²) in [4.78, 5) is 23.1. The predicted molar refractivity (Wildman–Crippen MR) is 133 cm³/mol. The van der Waals surface area contributed by atoms with Gasteiger partial charge in [-0.05, 0) is 24.0 Å². The summed E-state index contributed by atoms with van der Waals surface area (Å²) in [6, 6.07) is 14.7. The molecule has 0 radical (unpaired) electrons. The molecule has 4 aromatic rings. The van der Waals surface area contributed by atoms with Crippen LogP contribution in [0.1, 0.15) is 49.9 Å². The van der Waals surface area contributed by atoms with Crippen LogP contribution >= 0.6 is 0 Å². The van der Waals surface area contributed by atoms with Crippen LogP contribution in [-0.2, 0) is 13.0 Å². The van der Waals surface area contributed by atoms with Crippen LogP contribution in [0, 0.1) is 0 Å². The molecule has 2 N–H and O–H groups in total. The number of hydrogen-bond acceptors (Lipinski definition) is 3. The normalized spacial score (nSPS) is 17.5. The number of aromatic nitrogens is 4. The Bertz CT molecular complexity index is 1330. The Morgan fingerprint density at radius 1 is 1.14 bits per heavy atom. The van der Waals surface area contributed by atoms with Crippen LogP contribution in [0.25, 0.3) is 16.7 Å². The summed E-state index contributed by atoms with van der Waals surface area (Å²) in [6.07, 6.45) is 7.10. The number of halogens is 2. The molecule has 194 valence electrons. The maximum Gasteiger partial charge on any atom is 0.296 e. The van der Waals surface area contributed by atoms with Gasteiger partial charge in [0.1, 0.15) is 11.7 Å². The largest absolute Gasteiger partial charge is 1.00 e. The molecule has 0 spiro atoms. The smallest absolute Gasteiger partial charge is 0.296 e. The number of nitrogens with zero attached hydrogens (tertiary/aromatic N) is 3. The zero-order chi connectivity index (χ0) is 23.5.